The lowest BCUT2D eigenvalue weighted by Crippen LogP contribution is -2.30. The molecule has 0 saturated carbocycles. The van der Waals surface area contributed by atoms with E-state index in [1.54, 1.807) is 31.3 Å². The van der Waals surface area contributed by atoms with Gasteiger partial charge in [-0.1, -0.05) is 17.3 Å². The third kappa shape index (κ3) is 2.99. The van der Waals surface area contributed by atoms with Crippen LogP contribution >= 0.6 is 11.3 Å². The molecule has 1 aliphatic rings. The van der Waals surface area contributed by atoms with E-state index in [9.17, 15) is 8.42 Å². The highest BCUT2D eigenvalue weighted by molar-refractivity contribution is 7.92. The van der Waals surface area contributed by atoms with E-state index < -0.39 is 10.0 Å². The van der Waals surface area contributed by atoms with E-state index in [2.05, 4.69) is 26.2 Å². The number of anilines is 2. The Bertz CT molecular complexity index is 1030. The number of thiophene rings is 1. The molecule has 0 spiro atoms. The van der Waals surface area contributed by atoms with Gasteiger partial charge in [-0.15, -0.1) is 11.3 Å². The summed E-state index contributed by atoms with van der Waals surface area (Å²) in [5.74, 6) is 0.286. The van der Waals surface area contributed by atoms with Crippen molar-refractivity contribution in [1.29, 1.82) is 0 Å². The first kappa shape index (κ1) is 17.1. The van der Waals surface area contributed by atoms with Crippen LogP contribution in [0.25, 0.3) is 0 Å². The maximum atomic E-state index is 12.9. The van der Waals surface area contributed by atoms with Gasteiger partial charge in [0.25, 0.3) is 10.0 Å². The monoisotopic (exact) mass is 389 g/mol. The van der Waals surface area contributed by atoms with Crippen molar-refractivity contribution in [2.45, 2.75) is 31.7 Å². The predicted octanol–water partition coefficient (Wildman–Crippen LogP) is 3.72. The minimum Gasteiger partial charge on any atom is -0.365 e. The van der Waals surface area contributed by atoms with Crippen LogP contribution in [0.4, 0.5) is 11.4 Å². The first-order valence-electron chi connectivity index (χ1n) is 8.30. The number of aryl methyl sites for hydroxylation is 2. The van der Waals surface area contributed by atoms with Crippen molar-refractivity contribution in [2.75, 3.05) is 16.2 Å². The average Bonchev–Trinajstić information content (AvgIpc) is 3.20. The number of nitrogens with one attached hydrogen (secondary N) is 1. The molecule has 1 N–H and O–H groups in total. The number of aromatic nitrogens is 1. The van der Waals surface area contributed by atoms with Gasteiger partial charge in [-0.2, -0.15) is 0 Å². The normalized spacial score (nSPS) is 14.3. The number of hydrogen-bond donors (Lipinski definition) is 1. The number of nitrogens with zero attached hydrogens (tertiary/aromatic N) is 2. The summed E-state index contributed by atoms with van der Waals surface area (Å²) in [5.41, 5.74) is 3.10. The van der Waals surface area contributed by atoms with Gasteiger partial charge in [0, 0.05) is 18.0 Å². The number of fused-ring (bicyclic) bond motifs is 1. The van der Waals surface area contributed by atoms with E-state index in [0.717, 1.165) is 25.2 Å². The van der Waals surface area contributed by atoms with Gasteiger partial charge in [0.05, 0.1) is 11.4 Å². The smallest absolute Gasteiger partial charge is 0.267 e. The summed E-state index contributed by atoms with van der Waals surface area (Å²) in [6.45, 7) is 4.86. The molecule has 4 rings (SSSR count). The highest BCUT2D eigenvalue weighted by Gasteiger charge is 2.26. The van der Waals surface area contributed by atoms with E-state index in [4.69, 9.17) is 4.52 Å². The highest BCUT2D eigenvalue weighted by atomic mass is 32.2. The molecule has 2 aromatic heterocycles. The molecule has 3 heterocycles. The van der Waals surface area contributed by atoms with Crippen LogP contribution in [0.2, 0.25) is 0 Å². The summed E-state index contributed by atoms with van der Waals surface area (Å²) in [6, 6.07) is 9.63. The van der Waals surface area contributed by atoms with E-state index >= 15 is 0 Å². The van der Waals surface area contributed by atoms with Gasteiger partial charge in [0.2, 0.25) is 0 Å². The molecule has 6 nitrogen and oxygen atoms in total. The van der Waals surface area contributed by atoms with Crippen LogP contribution < -0.4 is 9.62 Å². The standard InChI is InChI=1S/C18H19N3O3S2/c1-12-18(13(2)24-19-12)26(22,23)20-15-5-3-4-6-16(15)21-9-7-17-14(11-21)8-10-25-17/h3-6,8,10,20H,7,9,11H2,1-2H3. The van der Waals surface area contributed by atoms with Crippen molar-refractivity contribution in [1.82, 2.24) is 5.16 Å². The molecule has 0 saturated heterocycles. The molecule has 26 heavy (non-hydrogen) atoms. The summed E-state index contributed by atoms with van der Waals surface area (Å²) in [6.07, 6.45) is 0.970. The zero-order valence-corrected chi connectivity index (χ0v) is 16.2. The second-order valence-corrected chi connectivity index (χ2v) is 8.94. The lowest BCUT2D eigenvalue weighted by molar-refractivity contribution is 0.390. The molecule has 0 fully saturated rings. The second-order valence-electron chi connectivity index (χ2n) is 6.32. The number of rotatable bonds is 4. The number of hydrogen-bond acceptors (Lipinski definition) is 6. The van der Waals surface area contributed by atoms with Crippen molar-refractivity contribution in [3.05, 3.63) is 57.6 Å². The fraction of sp³-hybridized carbons (Fsp3) is 0.278. The van der Waals surface area contributed by atoms with Gasteiger partial charge in [-0.05, 0) is 49.4 Å². The Morgan fingerprint density at radius 3 is 2.81 bits per heavy atom. The molecule has 0 amide bonds. The molecule has 8 heteroatoms. The molecule has 0 bridgehead atoms. The fourth-order valence-corrected chi connectivity index (χ4v) is 5.64. The summed E-state index contributed by atoms with van der Waals surface area (Å²) < 4.78 is 33.5. The van der Waals surface area contributed by atoms with Crippen LogP contribution in [0, 0.1) is 13.8 Å². The zero-order chi connectivity index (χ0) is 18.3. The van der Waals surface area contributed by atoms with Crippen LogP contribution in [0.15, 0.2) is 45.1 Å². The molecule has 136 valence electrons. The largest absolute Gasteiger partial charge is 0.365 e. The predicted molar refractivity (Wildman–Crippen MR) is 102 cm³/mol. The Morgan fingerprint density at radius 1 is 1.23 bits per heavy atom. The van der Waals surface area contributed by atoms with Gasteiger partial charge < -0.3 is 9.42 Å². The minimum atomic E-state index is -3.77. The molecule has 0 unspecified atom stereocenters. The van der Waals surface area contributed by atoms with Gasteiger partial charge in [-0.25, -0.2) is 8.42 Å². The van der Waals surface area contributed by atoms with Gasteiger partial charge >= 0.3 is 0 Å². The molecule has 0 atom stereocenters. The SMILES string of the molecule is Cc1noc(C)c1S(=O)(=O)Nc1ccccc1N1CCc2sccc2C1. The van der Waals surface area contributed by atoms with Crippen LogP contribution in [0.3, 0.4) is 0 Å². The second kappa shape index (κ2) is 6.44. The zero-order valence-electron chi connectivity index (χ0n) is 14.5. The minimum absolute atomic E-state index is 0.103. The van der Waals surface area contributed by atoms with Crippen molar-refractivity contribution in [2.24, 2.45) is 0 Å². The van der Waals surface area contributed by atoms with E-state index in [0.29, 0.717) is 11.4 Å². The van der Waals surface area contributed by atoms with Gasteiger partial charge in [0.1, 0.15) is 5.69 Å². The first-order chi connectivity index (χ1) is 12.5. The van der Waals surface area contributed by atoms with Gasteiger partial charge in [0.15, 0.2) is 10.7 Å². The molecule has 0 radical (unpaired) electrons. The number of para-hydroxylation sites is 2. The Kier molecular flexibility index (Phi) is 4.24. The van der Waals surface area contributed by atoms with Crippen molar-refractivity contribution in [3.8, 4) is 0 Å². The Balaban J connectivity index is 1.67. The molecular formula is C18H19N3O3S2. The van der Waals surface area contributed by atoms with Crippen LogP contribution in [-0.4, -0.2) is 20.1 Å². The molecule has 1 aromatic carbocycles. The third-order valence-electron chi connectivity index (χ3n) is 4.53. The summed E-state index contributed by atoms with van der Waals surface area (Å²) in [7, 11) is -3.77. The lowest BCUT2D eigenvalue weighted by Gasteiger charge is -2.30. The van der Waals surface area contributed by atoms with Gasteiger partial charge in [-0.3, -0.25) is 4.72 Å². The molecule has 1 aliphatic heterocycles. The summed E-state index contributed by atoms with van der Waals surface area (Å²) in [4.78, 5) is 3.72. The topological polar surface area (TPSA) is 75.4 Å². The van der Waals surface area contributed by atoms with Crippen LogP contribution in [0.5, 0.6) is 0 Å². The van der Waals surface area contributed by atoms with E-state index in [1.165, 1.54) is 10.4 Å². The Hall–Kier alpha value is -2.32. The number of sulfonamides is 1. The van der Waals surface area contributed by atoms with Crippen molar-refractivity contribution < 1.29 is 12.9 Å². The van der Waals surface area contributed by atoms with Crippen molar-refractivity contribution in [3.63, 3.8) is 0 Å². The molecule has 3 aromatic rings. The van der Waals surface area contributed by atoms with E-state index in [-0.39, 0.29) is 10.7 Å². The maximum absolute atomic E-state index is 12.9. The Morgan fingerprint density at radius 2 is 2.04 bits per heavy atom. The van der Waals surface area contributed by atoms with Crippen molar-refractivity contribution >= 4 is 32.7 Å². The highest BCUT2D eigenvalue weighted by Crippen LogP contribution is 2.34. The summed E-state index contributed by atoms with van der Waals surface area (Å²) >= 11 is 1.78. The Labute approximate surface area is 156 Å². The van der Waals surface area contributed by atoms with E-state index in [1.807, 2.05) is 18.2 Å². The van der Waals surface area contributed by atoms with Crippen LogP contribution in [-0.2, 0) is 23.0 Å². The molecule has 0 aliphatic carbocycles. The summed E-state index contributed by atoms with van der Waals surface area (Å²) in [5, 5.41) is 5.86. The number of benzene rings is 1. The molecular weight excluding hydrogens is 370 g/mol. The lowest BCUT2D eigenvalue weighted by atomic mass is 10.1. The maximum Gasteiger partial charge on any atom is 0.267 e. The third-order valence-corrected chi connectivity index (χ3v) is 7.17. The first-order valence-corrected chi connectivity index (χ1v) is 10.7. The fourth-order valence-electron chi connectivity index (χ4n) is 3.34. The average molecular weight is 390 g/mol. The quantitative estimate of drug-likeness (QED) is 0.736. The van der Waals surface area contributed by atoms with Crippen LogP contribution in [0.1, 0.15) is 21.9 Å².